The molecule has 2 aliphatic heterocycles. The fourth-order valence-electron chi connectivity index (χ4n) is 2.47. The topological polar surface area (TPSA) is 125 Å². The molecular weight excluding hydrogens is 338 g/mol. The van der Waals surface area contributed by atoms with Crippen LogP contribution in [-0.4, -0.2) is 67.7 Å². The van der Waals surface area contributed by atoms with E-state index in [1.54, 1.807) is 11.8 Å². The van der Waals surface area contributed by atoms with Gasteiger partial charge in [-0.1, -0.05) is 0 Å². The fourth-order valence-corrected chi connectivity index (χ4v) is 3.43. The van der Waals surface area contributed by atoms with E-state index in [2.05, 4.69) is 9.71 Å². The van der Waals surface area contributed by atoms with Crippen molar-refractivity contribution in [3.8, 4) is 0 Å². The maximum Gasteiger partial charge on any atom is 0.305 e. The van der Waals surface area contributed by atoms with Crippen LogP contribution < -0.4 is 5.32 Å². The molecule has 9 nitrogen and oxygen atoms in total. The summed E-state index contributed by atoms with van der Waals surface area (Å²) in [7, 11) is -2.04. The molecule has 24 heavy (non-hydrogen) atoms. The number of carbonyl (C=O) groups excluding carboxylic acids is 1. The first-order valence-electron chi connectivity index (χ1n) is 7.17. The van der Waals surface area contributed by atoms with Gasteiger partial charge in [0.25, 0.3) is 15.9 Å². The minimum atomic E-state index is -3.46. The SMILES string of the molecule is COCC(C)(CC(=O)O)NC(=O)C1=CN2CCS(=O)(=O)N=C2C=C1. The van der Waals surface area contributed by atoms with Gasteiger partial charge in [0.2, 0.25) is 0 Å². The summed E-state index contributed by atoms with van der Waals surface area (Å²) in [5.41, 5.74) is -0.785. The van der Waals surface area contributed by atoms with E-state index >= 15 is 0 Å². The summed E-state index contributed by atoms with van der Waals surface area (Å²) in [4.78, 5) is 25.0. The number of sulfonamides is 1. The molecule has 132 valence electrons. The lowest BCUT2D eigenvalue weighted by Gasteiger charge is -2.30. The van der Waals surface area contributed by atoms with Crippen molar-refractivity contribution in [2.24, 2.45) is 4.40 Å². The Morgan fingerprint density at radius 3 is 2.79 bits per heavy atom. The molecule has 0 radical (unpaired) electrons. The van der Waals surface area contributed by atoms with Crippen LogP contribution in [0.3, 0.4) is 0 Å². The van der Waals surface area contributed by atoms with Crippen LogP contribution in [0.5, 0.6) is 0 Å². The number of amidine groups is 1. The predicted molar refractivity (Wildman–Crippen MR) is 85.8 cm³/mol. The second-order valence-electron chi connectivity index (χ2n) is 5.87. The first-order valence-corrected chi connectivity index (χ1v) is 8.77. The van der Waals surface area contributed by atoms with E-state index in [-0.39, 0.29) is 36.7 Å². The van der Waals surface area contributed by atoms with Gasteiger partial charge in [0, 0.05) is 19.9 Å². The van der Waals surface area contributed by atoms with E-state index in [1.807, 2.05) is 0 Å². The number of carboxylic acids is 1. The van der Waals surface area contributed by atoms with Crippen LogP contribution >= 0.6 is 0 Å². The molecule has 1 atom stereocenters. The Labute approximate surface area is 139 Å². The molecule has 0 aromatic rings. The number of hydrogen-bond acceptors (Lipinski definition) is 6. The van der Waals surface area contributed by atoms with Crippen molar-refractivity contribution in [3.63, 3.8) is 0 Å². The minimum Gasteiger partial charge on any atom is -0.481 e. The molecule has 1 unspecified atom stereocenters. The molecule has 2 aliphatic rings. The average Bonchev–Trinajstić information content (AvgIpc) is 2.44. The van der Waals surface area contributed by atoms with Crippen molar-refractivity contribution in [2.45, 2.75) is 18.9 Å². The molecule has 1 amide bonds. The second kappa shape index (κ2) is 6.73. The summed E-state index contributed by atoms with van der Waals surface area (Å²) in [6.45, 7) is 1.82. The molecule has 10 heteroatoms. The average molecular weight is 357 g/mol. The number of fused-ring (bicyclic) bond motifs is 1. The Hall–Kier alpha value is -2.20. The molecule has 0 aliphatic carbocycles. The van der Waals surface area contributed by atoms with Crippen molar-refractivity contribution in [1.82, 2.24) is 10.2 Å². The molecule has 2 N–H and O–H groups in total. The normalized spacial score (nSPS) is 21.2. The van der Waals surface area contributed by atoms with Crippen LogP contribution in [0.2, 0.25) is 0 Å². The number of nitrogens with zero attached hydrogens (tertiary/aromatic N) is 2. The van der Waals surface area contributed by atoms with E-state index in [4.69, 9.17) is 9.84 Å². The first kappa shape index (κ1) is 18.1. The van der Waals surface area contributed by atoms with E-state index in [0.29, 0.717) is 0 Å². The van der Waals surface area contributed by atoms with Gasteiger partial charge in [-0.3, -0.25) is 9.59 Å². The Balaban J connectivity index is 2.15. The molecule has 0 saturated heterocycles. The summed E-state index contributed by atoms with van der Waals surface area (Å²) in [5, 5.41) is 11.6. The number of aliphatic carboxylic acids is 1. The zero-order chi connectivity index (χ0) is 18.0. The molecular formula is C14H19N3O6S. The molecule has 0 fully saturated rings. The van der Waals surface area contributed by atoms with Crippen LogP contribution in [0.1, 0.15) is 13.3 Å². The van der Waals surface area contributed by atoms with Crippen molar-refractivity contribution in [3.05, 3.63) is 23.9 Å². The summed E-state index contributed by atoms with van der Waals surface area (Å²) in [5.74, 6) is -1.41. The lowest BCUT2D eigenvalue weighted by Crippen LogP contribution is -2.51. The molecule has 0 aromatic heterocycles. The quantitative estimate of drug-likeness (QED) is 0.655. The maximum atomic E-state index is 12.4. The number of hydrogen-bond donors (Lipinski definition) is 2. The minimum absolute atomic E-state index is 0.0384. The smallest absolute Gasteiger partial charge is 0.305 e. The molecule has 0 bridgehead atoms. The standard InChI is InChI=1S/C14H19N3O6S/c1-14(9-23-2,7-12(18)19)15-13(20)10-3-4-11-16-24(21,22)6-5-17(11)8-10/h3-4,8H,5-7,9H2,1-2H3,(H,15,20)(H,18,19). The van der Waals surface area contributed by atoms with E-state index in [9.17, 15) is 18.0 Å². The van der Waals surface area contributed by atoms with E-state index in [1.165, 1.54) is 25.5 Å². The van der Waals surface area contributed by atoms with Crippen LogP contribution in [-0.2, 0) is 24.3 Å². The predicted octanol–water partition coefficient (Wildman–Crippen LogP) is -0.520. The molecule has 0 spiro atoms. The number of methoxy groups -OCH3 is 1. The lowest BCUT2D eigenvalue weighted by molar-refractivity contribution is -0.139. The fraction of sp³-hybridized carbons (Fsp3) is 0.500. The summed E-state index contributed by atoms with van der Waals surface area (Å²) < 4.78 is 31.6. The number of carbonyl (C=O) groups is 2. The molecule has 2 heterocycles. The van der Waals surface area contributed by atoms with Gasteiger partial charge in [-0.15, -0.1) is 4.40 Å². The van der Waals surface area contributed by atoms with E-state index in [0.717, 1.165) is 0 Å². The van der Waals surface area contributed by atoms with Crippen molar-refractivity contribution in [1.29, 1.82) is 0 Å². The van der Waals surface area contributed by atoms with Crippen LogP contribution in [0.4, 0.5) is 0 Å². The Bertz CT molecular complexity index is 740. The van der Waals surface area contributed by atoms with Crippen molar-refractivity contribution in [2.75, 3.05) is 26.0 Å². The monoisotopic (exact) mass is 357 g/mol. The van der Waals surface area contributed by atoms with Crippen LogP contribution in [0.25, 0.3) is 0 Å². The molecule has 0 aromatic carbocycles. The maximum absolute atomic E-state index is 12.4. The third kappa shape index (κ3) is 4.42. The summed E-state index contributed by atoms with van der Waals surface area (Å²) in [6.07, 6.45) is 4.09. The first-order chi connectivity index (χ1) is 11.1. The highest BCUT2D eigenvalue weighted by Crippen LogP contribution is 2.18. The van der Waals surface area contributed by atoms with Gasteiger partial charge in [-0.05, 0) is 19.1 Å². The second-order valence-corrected chi connectivity index (χ2v) is 7.62. The van der Waals surface area contributed by atoms with Crippen LogP contribution in [0, 0.1) is 0 Å². The Morgan fingerprint density at radius 1 is 1.46 bits per heavy atom. The van der Waals surface area contributed by atoms with Gasteiger partial charge in [-0.2, -0.15) is 0 Å². The number of nitrogens with one attached hydrogen (secondary N) is 1. The van der Waals surface area contributed by atoms with Gasteiger partial charge >= 0.3 is 5.97 Å². The third-order valence-electron chi connectivity index (χ3n) is 3.51. The van der Waals surface area contributed by atoms with Gasteiger partial charge in [0.1, 0.15) is 5.84 Å². The van der Waals surface area contributed by atoms with Gasteiger partial charge in [0.05, 0.1) is 29.9 Å². The number of carboxylic acid groups (broad SMARTS) is 1. The molecule has 0 saturated carbocycles. The largest absolute Gasteiger partial charge is 0.481 e. The van der Waals surface area contributed by atoms with Crippen molar-refractivity contribution >= 4 is 27.7 Å². The highest BCUT2D eigenvalue weighted by Gasteiger charge is 2.31. The lowest BCUT2D eigenvalue weighted by atomic mass is 9.98. The zero-order valence-corrected chi connectivity index (χ0v) is 14.2. The van der Waals surface area contributed by atoms with E-state index < -0.39 is 27.4 Å². The van der Waals surface area contributed by atoms with Gasteiger partial charge in [0.15, 0.2) is 0 Å². The highest BCUT2D eigenvalue weighted by molar-refractivity contribution is 7.90. The van der Waals surface area contributed by atoms with Gasteiger partial charge < -0.3 is 20.1 Å². The number of rotatable bonds is 6. The number of amides is 1. The Kier molecular flexibility index (Phi) is 5.09. The highest BCUT2D eigenvalue weighted by atomic mass is 32.2. The zero-order valence-electron chi connectivity index (χ0n) is 13.4. The van der Waals surface area contributed by atoms with Gasteiger partial charge in [-0.25, -0.2) is 8.42 Å². The summed E-state index contributed by atoms with van der Waals surface area (Å²) in [6, 6.07) is 0. The molecule has 2 rings (SSSR count). The van der Waals surface area contributed by atoms with Crippen LogP contribution in [0.15, 0.2) is 28.3 Å². The summed E-state index contributed by atoms with van der Waals surface area (Å²) >= 11 is 0. The van der Waals surface area contributed by atoms with Crippen molar-refractivity contribution < 1.29 is 27.9 Å². The third-order valence-corrected chi connectivity index (χ3v) is 4.67. The Morgan fingerprint density at radius 2 is 2.17 bits per heavy atom. The number of ether oxygens (including phenoxy) is 1.